The predicted molar refractivity (Wildman–Crippen MR) is 203 cm³/mol. The number of aromatic nitrogens is 4. The molecule has 16 nitrogen and oxygen atoms in total. The molecule has 0 unspecified atom stereocenters. The van der Waals surface area contributed by atoms with Gasteiger partial charge in [-0.2, -0.15) is 5.10 Å². The van der Waals surface area contributed by atoms with E-state index in [1.807, 2.05) is 38.1 Å². The average Bonchev–Trinajstić information content (AvgIpc) is 3.86. The summed E-state index contributed by atoms with van der Waals surface area (Å²) in [5, 5.41) is 15.6. The van der Waals surface area contributed by atoms with E-state index in [0.717, 1.165) is 16.5 Å². The first-order chi connectivity index (χ1) is 25.6. The fraction of sp³-hybridized carbons (Fsp3) is 0.444. The normalized spacial score (nSPS) is 20.2. The molecular weight excluding hydrogens is 736 g/mol. The monoisotopic (exact) mass is 780 g/mol. The second-order valence-corrected chi connectivity index (χ2v) is 15.2. The van der Waals surface area contributed by atoms with E-state index >= 15 is 0 Å². The third kappa shape index (κ3) is 9.62. The summed E-state index contributed by atoms with van der Waals surface area (Å²) in [4.78, 5) is 93.1. The number of hydrogen-bond donors (Lipinski definition) is 4. The number of rotatable bonds is 5. The van der Waals surface area contributed by atoms with E-state index in [1.54, 1.807) is 18.6 Å². The fourth-order valence-electron chi connectivity index (χ4n) is 6.24. The molecule has 1 aromatic carbocycles. The molecule has 0 radical (unpaired) electrons. The topological polar surface area (TPSA) is 195 Å². The number of aryl methyl sites for hydroxylation is 1. The summed E-state index contributed by atoms with van der Waals surface area (Å²) in [6, 6.07) is 4.89. The Morgan fingerprint density at radius 2 is 1.67 bits per heavy atom. The number of halogens is 1. The van der Waals surface area contributed by atoms with Gasteiger partial charge in [0.05, 0.1) is 24.2 Å². The summed E-state index contributed by atoms with van der Waals surface area (Å²) >= 11 is 7.48. The van der Waals surface area contributed by atoms with Crippen molar-refractivity contribution in [3.8, 4) is 0 Å². The molecule has 5 rings (SSSR count). The first-order valence-electron chi connectivity index (χ1n) is 17.5. The van der Waals surface area contributed by atoms with E-state index in [-0.39, 0.29) is 48.4 Å². The highest BCUT2D eigenvalue weighted by Crippen LogP contribution is 2.26. The number of carbonyl (C=O) groups is 6. The van der Waals surface area contributed by atoms with Gasteiger partial charge in [0.25, 0.3) is 11.8 Å². The van der Waals surface area contributed by atoms with E-state index in [4.69, 9.17) is 11.6 Å². The zero-order valence-corrected chi connectivity index (χ0v) is 32.6. The highest BCUT2D eigenvalue weighted by Gasteiger charge is 2.31. The third-order valence-corrected chi connectivity index (χ3v) is 10.2. The third-order valence-electron chi connectivity index (χ3n) is 8.99. The van der Waals surface area contributed by atoms with Crippen molar-refractivity contribution >= 4 is 69.3 Å². The number of likely N-dealkylation sites (N-methyl/N-ethyl adjacent to an activating group) is 2. The fourth-order valence-corrected chi connectivity index (χ4v) is 7.36. The van der Waals surface area contributed by atoms with Crippen LogP contribution in [0.3, 0.4) is 0 Å². The van der Waals surface area contributed by atoms with E-state index in [0.29, 0.717) is 11.4 Å². The van der Waals surface area contributed by atoms with Gasteiger partial charge in [0.2, 0.25) is 23.6 Å². The number of nitrogens with zero attached hydrogens (tertiary/aromatic N) is 6. The summed E-state index contributed by atoms with van der Waals surface area (Å²) in [5.74, 6) is -3.19. The van der Waals surface area contributed by atoms with Gasteiger partial charge >= 0.3 is 0 Å². The smallest absolute Gasteiger partial charge is 0.276 e. The number of nitrogens with one attached hydrogen (secondary N) is 4. The average molecular weight is 781 g/mol. The van der Waals surface area contributed by atoms with Gasteiger partial charge in [-0.15, -0.1) is 11.3 Å². The Bertz CT molecular complexity index is 2040. The summed E-state index contributed by atoms with van der Waals surface area (Å²) in [6.45, 7) is 4.64. The standard InChI is InChI=1S/C36H45ClN10O6S/c1-20(2)13-26-33-42-28(19-54-33)32(50)41-27(14-22-15-38-25-10-8-7-9-23(22)25)35(52)45(5)17-29(48)39-21(3)34(51)44(4)11-12-47(18-30(49)40-26)36(53)31-24(37)16-46(6)43-31/h7-10,15-16,19-21,26-27,38H,11-14,17-18H2,1-6H3,(H,39,48)(H,40,49)(H,41,50)/t21-,26-,27+/m0/s1. The Hall–Kier alpha value is -5.29. The Labute approximate surface area is 321 Å². The van der Waals surface area contributed by atoms with Crippen molar-refractivity contribution in [1.82, 2.24) is 50.4 Å². The lowest BCUT2D eigenvalue weighted by Gasteiger charge is -2.28. The molecule has 0 saturated carbocycles. The van der Waals surface area contributed by atoms with Crippen molar-refractivity contribution in [3.05, 3.63) is 69.0 Å². The number of fused-ring (bicyclic) bond motifs is 3. The molecule has 4 aromatic rings. The Kier molecular flexibility index (Phi) is 12.7. The van der Waals surface area contributed by atoms with Crippen LogP contribution in [-0.4, -0.2) is 122 Å². The lowest BCUT2D eigenvalue weighted by Crippen LogP contribution is -2.53. The first kappa shape index (κ1) is 39.9. The van der Waals surface area contributed by atoms with Crippen LogP contribution in [0.5, 0.6) is 0 Å². The van der Waals surface area contributed by atoms with E-state index in [2.05, 4.69) is 31.0 Å². The van der Waals surface area contributed by atoms with Gasteiger partial charge in [-0.1, -0.05) is 43.6 Å². The highest BCUT2D eigenvalue weighted by molar-refractivity contribution is 7.09. The van der Waals surface area contributed by atoms with Crippen LogP contribution < -0.4 is 16.0 Å². The van der Waals surface area contributed by atoms with E-state index in [9.17, 15) is 28.8 Å². The Morgan fingerprint density at radius 3 is 2.37 bits per heavy atom. The molecule has 6 amide bonds. The molecule has 4 N–H and O–H groups in total. The number of thiazole rings is 1. The van der Waals surface area contributed by atoms with Gasteiger partial charge in [0, 0.05) is 69.3 Å². The zero-order chi connectivity index (χ0) is 39.3. The molecule has 2 bridgehead atoms. The van der Waals surface area contributed by atoms with Gasteiger partial charge in [0.1, 0.15) is 22.8 Å². The number of carbonyl (C=O) groups excluding carboxylic acids is 6. The maximum absolute atomic E-state index is 13.9. The van der Waals surface area contributed by atoms with Crippen LogP contribution in [0.25, 0.3) is 10.9 Å². The van der Waals surface area contributed by atoms with Crippen LogP contribution in [0, 0.1) is 5.92 Å². The summed E-state index contributed by atoms with van der Waals surface area (Å²) in [7, 11) is 4.58. The lowest BCUT2D eigenvalue weighted by molar-refractivity contribution is -0.138. The van der Waals surface area contributed by atoms with Crippen LogP contribution in [-0.2, 0) is 32.6 Å². The number of hydrogen-bond acceptors (Lipinski definition) is 9. The number of benzene rings is 1. The minimum absolute atomic E-state index is 0.00939. The minimum Gasteiger partial charge on any atom is -0.361 e. The van der Waals surface area contributed by atoms with Crippen LogP contribution >= 0.6 is 22.9 Å². The molecule has 3 aromatic heterocycles. The number of H-pyrrole nitrogens is 1. The Balaban J connectivity index is 1.47. The van der Waals surface area contributed by atoms with Crippen LogP contribution in [0.15, 0.2) is 42.0 Å². The van der Waals surface area contributed by atoms with Gasteiger partial charge in [0.15, 0.2) is 5.69 Å². The van der Waals surface area contributed by atoms with Gasteiger partial charge < -0.3 is 35.6 Å². The van der Waals surface area contributed by atoms with Crippen molar-refractivity contribution in [1.29, 1.82) is 0 Å². The van der Waals surface area contributed by atoms with Crippen molar-refractivity contribution in [2.45, 2.75) is 51.7 Å². The molecule has 0 aliphatic carbocycles. The lowest BCUT2D eigenvalue weighted by atomic mass is 10.0. The van der Waals surface area contributed by atoms with E-state index < -0.39 is 60.1 Å². The molecule has 1 aliphatic rings. The largest absolute Gasteiger partial charge is 0.361 e. The van der Waals surface area contributed by atoms with Gasteiger partial charge in [-0.3, -0.25) is 33.4 Å². The second-order valence-electron chi connectivity index (χ2n) is 13.9. The SMILES string of the molecule is CC(C)C[C@@H]1NC(=O)CN(C(=O)c2nn(C)cc2Cl)CCN(C)C(=O)[C@H](C)NC(=O)CN(C)C(=O)[C@@H](Cc2c[nH]c3ccccc23)NC(=O)c2csc1n2. The molecule has 18 heteroatoms. The predicted octanol–water partition coefficient (Wildman–Crippen LogP) is 2.13. The second kappa shape index (κ2) is 17.2. The van der Waals surface area contributed by atoms with Crippen molar-refractivity contribution in [2.24, 2.45) is 13.0 Å². The highest BCUT2D eigenvalue weighted by atomic mass is 35.5. The van der Waals surface area contributed by atoms with Crippen molar-refractivity contribution in [2.75, 3.05) is 40.3 Å². The summed E-state index contributed by atoms with van der Waals surface area (Å²) in [5.41, 5.74) is 1.65. The maximum atomic E-state index is 13.9. The summed E-state index contributed by atoms with van der Waals surface area (Å²) < 4.78 is 1.38. The molecule has 0 fully saturated rings. The summed E-state index contributed by atoms with van der Waals surface area (Å²) in [6.07, 6.45) is 3.83. The number of amides is 6. The number of para-hydroxylation sites is 1. The van der Waals surface area contributed by atoms with Crippen LogP contribution in [0.1, 0.15) is 64.8 Å². The molecule has 0 spiro atoms. The molecule has 54 heavy (non-hydrogen) atoms. The molecule has 1 aliphatic heterocycles. The molecule has 0 saturated heterocycles. The zero-order valence-electron chi connectivity index (χ0n) is 31.0. The molecule has 288 valence electrons. The quantitative estimate of drug-likeness (QED) is 0.237. The van der Waals surface area contributed by atoms with Crippen molar-refractivity contribution in [3.63, 3.8) is 0 Å². The van der Waals surface area contributed by atoms with Crippen LogP contribution in [0.4, 0.5) is 0 Å². The van der Waals surface area contributed by atoms with E-state index in [1.165, 1.54) is 57.9 Å². The maximum Gasteiger partial charge on any atom is 0.276 e. The molecule has 4 heterocycles. The first-order valence-corrected chi connectivity index (χ1v) is 18.7. The van der Waals surface area contributed by atoms with Gasteiger partial charge in [-0.25, -0.2) is 4.98 Å². The molecular formula is C36H45ClN10O6S. The number of aromatic amines is 1. The van der Waals surface area contributed by atoms with Crippen LogP contribution in [0.2, 0.25) is 5.02 Å². The Morgan fingerprint density at radius 1 is 0.944 bits per heavy atom. The molecule has 3 atom stereocenters. The van der Waals surface area contributed by atoms with Gasteiger partial charge in [-0.05, 0) is 30.9 Å². The van der Waals surface area contributed by atoms with Crippen molar-refractivity contribution < 1.29 is 28.8 Å². The minimum atomic E-state index is -1.08.